The van der Waals surface area contributed by atoms with Gasteiger partial charge in [-0.25, -0.2) is 0 Å². The molecule has 106 valence electrons. The van der Waals surface area contributed by atoms with Gasteiger partial charge in [0.2, 0.25) is 0 Å². The average Bonchev–Trinajstić information content (AvgIpc) is 2.80. The van der Waals surface area contributed by atoms with Crippen LogP contribution in [-0.2, 0) is 6.54 Å². The van der Waals surface area contributed by atoms with E-state index in [2.05, 4.69) is 18.9 Å². The summed E-state index contributed by atoms with van der Waals surface area (Å²) < 4.78 is 7.20. The fourth-order valence-electron chi connectivity index (χ4n) is 2.21. The van der Waals surface area contributed by atoms with Crippen LogP contribution in [0.2, 0.25) is 0 Å². The number of methoxy groups -OCH3 is 1. The number of aromatic nitrogens is 2. The van der Waals surface area contributed by atoms with Crippen molar-refractivity contribution in [1.82, 2.24) is 9.78 Å². The van der Waals surface area contributed by atoms with Crippen molar-refractivity contribution < 1.29 is 9.53 Å². The molecular weight excluding hydrogens is 252 g/mol. The minimum Gasteiger partial charge on any atom is -0.496 e. The molecular formula is C16H20N2O2. The topological polar surface area (TPSA) is 44.1 Å². The molecule has 0 saturated carbocycles. The van der Waals surface area contributed by atoms with Crippen LogP contribution in [0.1, 0.15) is 29.8 Å². The molecule has 0 saturated heterocycles. The molecule has 0 N–H and O–H groups in total. The van der Waals surface area contributed by atoms with Crippen molar-refractivity contribution in [1.29, 1.82) is 0 Å². The van der Waals surface area contributed by atoms with Gasteiger partial charge in [0.15, 0.2) is 6.29 Å². The Bertz CT molecular complexity index is 615. The van der Waals surface area contributed by atoms with E-state index in [4.69, 9.17) is 4.74 Å². The molecule has 0 bridgehead atoms. The Morgan fingerprint density at radius 1 is 1.40 bits per heavy atom. The van der Waals surface area contributed by atoms with Gasteiger partial charge in [-0.15, -0.1) is 0 Å². The summed E-state index contributed by atoms with van der Waals surface area (Å²) in [4.78, 5) is 11.3. The molecule has 20 heavy (non-hydrogen) atoms. The average molecular weight is 272 g/mol. The number of ether oxygens (including phenoxy) is 1. The van der Waals surface area contributed by atoms with Crippen LogP contribution in [0.4, 0.5) is 0 Å². The van der Waals surface area contributed by atoms with E-state index in [-0.39, 0.29) is 0 Å². The summed E-state index contributed by atoms with van der Waals surface area (Å²) in [6, 6.07) is 5.88. The third-order valence-electron chi connectivity index (χ3n) is 3.08. The number of aldehydes is 1. The summed E-state index contributed by atoms with van der Waals surface area (Å²) in [5.41, 5.74) is 3.24. The van der Waals surface area contributed by atoms with Crippen molar-refractivity contribution in [2.75, 3.05) is 7.11 Å². The highest BCUT2D eigenvalue weighted by Gasteiger charge is 2.15. The minimum atomic E-state index is 0.474. The van der Waals surface area contributed by atoms with E-state index in [1.165, 1.54) is 0 Å². The maximum absolute atomic E-state index is 11.3. The van der Waals surface area contributed by atoms with Crippen molar-refractivity contribution >= 4 is 6.29 Å². The lowest BCUT2D eigenvalue weighted by Gasteiger charge is -2.08. The molecule has 2 rings (SSSR count). The van der Waals surface area contributed by atoms with E-state index < -0.39 is 0 Å². The first-order chi connectivity index (χ1) is 9.55. The Labute approximate surface area is 119 Å². The third-order valence-corrected chi connectivity index (χ3v) is 3.08. The zero-order valence-electron chi connectivity index (χ0n) is 12.4. The Balaban J connectivity index is 2.53. The van der Waals surface area contributed by atoms with Crippen LogP contribution in [0, 0.1) is 12.8 Å². The number of hydrogen-bond acceptors (Lipinski definition) is 3. The Morgan fingerprint density at radius 2 is 2.15 bits per heavy atom. The van der Waals surface area contributed by atoms with Crippen LogP contribution >= 0.6 is 0 Å². The van der Waals surface area contributed by atoms with Gasteiger partial charge in [-0.05, 0) is 25.0 Å². The van der Waals surface area contributed by atoms with E-state index in [9.17, 15) is 4.79 Å². The number of benzene rings is 1. The van der Waals surface area contributed by atoms with Gasteiger partial charge in [-0.2, -0.15) is 5.10 Å². The summed E-state index contributed by atoms with van der Waals surface area (Å²) in [6.07, 6.45) is 2.64. The van der Waals surface area contributed by atoms with E-state index in [0.29, 0.717) is 17.2 Å². The number of rotatable bonds is 5. The van der Waals surface area contributed by atoms with Gasteiger partial charge in [0.05, 0.1) is 12.7 Å². The van der Waals surface area contributed by atoms with E-state index in [1.807, 2.05) is 29.8 Å². The molecule has 0 fully saturated rings. The summed E-state index contributed by atoms with van der Waals surface area (Å²) in [6.45, 7) is 7.04. The first kappa shape index (κ1) is 14.3. The van der Waals surface area contributed by atoms with Crippen molar-refractivity contribution in [2.45, 2.75) is 27.3 Å². The van der Waals surface area contributed by atoms with Gasteiger partial charge >= 0.3 is 0 Å². The standard InChI is InChI=1S/C16H20N2O2/c1-11(2)8-18-9-13(10-19)16(17-18)14-7-12(3)5-6-15(14)20-4/h5-7,9-11H,8H2,1-4H3. The highest BCUT2D eigenvalue weighted by Crippen LogP contribution is 2.31. The Hall–Kier alpha value is -2.10. The van der Waals surface area contributed by atoms with E-state index in [0.717, 1.165) is 29.7 Å². The summed E-state index contributed by atoms with van der Waals surface area (Å²) in [5.74, 6) is 1.20. The van der Waals surface area contributed by atoms with Crippen LogP contribution in [-0.4, -0.2) is 23.2 Å². The van der Waals surface area contributed by atoms with Crippen LogP contribution < -0.4 is 4.74 Å². The molecule has 1 aromatic heterocycles. The van der Waals surface area contributed by atoms with Crippen LogP contribution in [0.3, 0.4) is 0 Å². The second-order valence-corrected chi connectivity index (χ2v) is 5.37. The van der Waals surface area contributed by atoms with Gasteiger partial charge in [0.25, 0.3) is 0 Å². The maximum atomic E-state index is 11.3. The third kappa shape index (κ3) is 2.90. The predicted molar refractivity (Wildman–Crippen MR) is 79.2 cm³/mol. The summed E-state index contributed by atoms with van der Waals surface area (Å²) >= 11 is 0. The van der Waals surface area contributed by atoms with Gasteiger partial charge in [0, 0.05) is 18.3 Å². The zero-order chi connectivity index (χ0) is 14.7. The highest BCUT2D eigenvalue weighted by atomic mass is 16.5. The molecule has 0 aliphatic heterocycles. The lowest BCUT2D eigenvalue weighted by atomic mass is 10.1. The van der Waals surface area contributed by atoms with Gasteiger partial charge in [-0.3, -0.25) is 9.48 Å². The van der Waals surface area contributed by atoms with Crippen molar-refractivity contribution in [3.05, 3.63) is 35.5 Å². The first-order valence-electron chi connectivity index (χ1n) is 6.72. The predicted octanol–water partition coefficient (Wildman–Crippen LogP) is 3.34. The van der Waals surface area contributed by atoms with Crippen LogP contribution in [0.25, 0.3) is 11.3 Å². The molecule has 0 radical (unpaired) electrons. The number of nitrogens with zero attached hydrogens (tertiary/aromatic N) is 2. The van der Waals surface area contributed by atoms with Crippen molar-refractivity contribution in [3.8, 4) is 17.0 Å². The van der Waals surface area contributed by atoms with Gasteiger partial charge in [-0.1, -0.05) is 25.5 Å². The fraction of sp³-hybridized carbons (Fsp3) is 0.375. The molecule has 0 aliphatic rings. The van der Waals surface area contributed by atoms with Gasteiger partial charge in [0.1, 0.15) is 11.4 Å². The molecule has 0 amide bonds. The molecule has 1 aromatic carbocycles. The van der Waals surface area contributed by atoms with Crippen molar-refractivity contribution in [2.24, 2.45) is 5.92 Å². The number of carbonyl (C=O) groups is 1. The minimum absolute atomic E-state index is 0.474. The van der Waals surface area contributed by atoms with Crippen molar-refractivity contribution in [3.63, 3.8) is 0 Å². The first-order valence-corrected chi connectivity index (χ1v) is 6.72. The second-order valence-electron chi connectivity index (χ2n) is 5.37. The van der Waals surface area contributed by atoms with Gasteiger partial charge < -0.3 is 4.74 Å². The Morgan fingerprint density at radius 3 is 2.75 bits per heavy atom. The van der Waals surface area contributed by atoms with Crippen LogP contribution in [0.15, 0.2) is 24.4 Å². The largest absolute Gasteiger partial charge is 0.496 e. The fourth-order valence-corrected chi connectivity index (χ4v) is 2.21. The molecule has 0 aliphatic carbocycles. The smallest absolute Gasteiger partial charge is 0.153 e. The quantitative estimate of drug-likeness (QED) is 0.784. The SMILES string of the molecule is COc1ccc(C)cc1-c1nn(CC(C)C)cc1C=O. The number of aryl methyl sites for hydroxylation is 1. The molecule has 1 heterocycles. The lowest BCUT2D eigenvalue weighted by molar-refractivity contribution is 0.112. The number of hydrogen-bond donors (Lipinski definition) is 0. The van der Waals surface area contributed by atoms with E-state index in [1.54, 1.807) is 13.3 Å². The molecule has 4 heteroatoms. The maximum Gasteiger partial charge on any atom is 0.153 e. The molecule has 0 spiro atoms. The van der Waals surface area contributed by atoms with Crippen LogP contribution in [0.5, 0.6) is 5.75 Å². The second kappa shape index (κ2) is 5.90. The summed E-state index contributed by atoms with van der Waals surface area (Å²) in [5, 5.41) is 4.55. The number of carbonyl (C=O) groups excluding carboxylic acids is 1. The van der Waals surface area contributed by atoms with E-state index >= 15 is 0 Å². The molecule has 0 atom stereocenters. The zero-order valence-corrected chi connectivity index (χ0v) is 12.4. The normalized spacial score (nSPS) is 10.8. The molecule has 2 aromatic rings. The lowest BCUT2D eigenvalue weighted by Crippen LogP contribution is -2.04. The summed E-state index contributed by atoms with van der Waals surface area (Å²) in [7, 11) is 1.62. The molecule has 4 nitrogen and oxygen atoms in total. The monoisotopic (exact) mass is 272 g/mol. The highest BCUT2D eigenvalue weighted by molar-refractivity contribution is 5.87. The molecule has 0 unspecified atom stereocenters. The Kier molecular flexibility index (Phi) is 4.23.